The zero-order valence-electron chi connectivity index (χ0n) is 9.60. The van der Waals surface area contributed by atoms with E-state index in [1.54, 1.807) is 31.2 Å². The number of rotatable bonds is 3. The van der Waals surface area contributed by atoms with Crippen molar-refractivity contribution in [3.05, 3.63) is 52.9 Å². The minimum atomic E-state index is -0.674. The molecule has 18 heavy (non-hydrogen) atoms. The fourth-order valence-corrected chi connectivity index (χ4v) is 2.27. The molecule has 0 fully saturated rings. The standard InChI is InChI=1S/C13H11ClFNOS/c1-8(17)9-2-4-12(11(15)6-9)18-13-5-3-10(14)7-16-13/h2-8,17H,1H3/t8-/m1/s1. The molecule has 1 aromatic heterocycles. The highest BCUT2D eigenvalue weighted by Gasteiger charge is 2.08. The average molecular weight is 284 g/mol. The quantitative estimate of drug-likeness (QED) is 0.921. The third-order valence-corrected chi connectivity index (χ3v) is 3.58. The second kappa shape index (κ2) is 5.69. The molecule has 1 N–H and O–H groups in total. The van der Waals surface area contributed by atoms with Crippen LogP contribution in [0.3, 0.4) is 0 Å². The van der Waals surface area contributed by atoms with Crippen molar-refractivity contribution >= 4 is 23.4 Å². The molecule has 2 rings (SSSR count). The molecule has 1 aromatic carbocycles. The summed E-state index contributed by atoms with van der Waals surface area (Å²) in [5.74, 6) is -0.366. The number of benzene rings is 1. The highest BCUT2D eigenvalue weighted by molar-refractivity contribution is 7.99. The van der Waals surface area contributed by atoms with Crippen molar-refractivity contribution in [1.29, 1.82) is 0 Å². The third kappa shape index (κ3) is 3.22. The molecule has 0 radical (unpaired) electrons. The summed E-state index contributed by atoms with van der Waals surface area (Å²) in [6, 6.07) is 8.11. The van der Waals surface area contributed by atoms with E-state index in [1.807, 2.05) is 0 Å². The zero-order chi connectivity index (χ0) is 13.1. The fourth-order valence-electron chi connectivity index (χ4n) is 1.40. The van der Waals surface area contributed by atoms with Gasteiger partial charge >= 0.3 is 0 Å². The van der Waals surface area contributed by atoms with Gasteiger partial charge in [0.05, 0.1) is 11.1 Å². The normalized spacial score (nSPS) is 12.4. The van der Waals surface area contributed by atoms with Gasteiger partial charge in [0.1, 0.15) is 10.8 Å². The minimum Gasteiger partial charge on any atom is -0.389 e. The second-order valence-corrected chi connectivity index (χ2v) is 5.28. The van der Waals surface area contributed by atoms with Crippen molar-refractivity contribution in [2.75, 3.05) is 0 Å². The van der Waals surface area contributed by atoms with Gasteiger partial charge < -0.3 is 5.11 Å². The van der Waals surface area contributed by atoms with Gasteiger partial charge in [0.2, 0.25) is 0 Å². The largest absolute Gasteiger partial charge is 0.389 e. The lowest BCUT2D eigenvalue weighted by molar-refractivity contribution is 0.198. The van der Waals surface area contributed by atoms with Gasteiger partial charge in [-0.3, -0.25) is 0 Å². The first kappa shape index (κ1) is 13.3. The van der Waals surface area contributed by atoms with E-state index in [-0.39, 0.29) is 5.82 Å². The molecule has 2 aromatic rings. The van der Waals surface area contributed by atoms with Crippen molar-refractivity contribution in [2.24, 2.45) is 0 Å². The van der Waals surface area contributed by atoms with Crippen molar-refractivity contribution in [3.8, 4) is 0 Å². The van der Waals surface area contributed by atoms with E-state index >= 15 is 0 Å². The summed E-state index contributed by atoms with van der Waals surface area (Å²) in [5.41, 5.74) is 0.556. The predicted octanol–water partition coefficient (Wildman–Crippen LogP) is 4.08. The van der Waals surface area contributed by atoms with Crippen molar-refractivity contribution in [3.63, 3.8) is 0 Å². The first-order chi connectivity index (χ1) is 8.56. The summed E-state index contributed by atoms with van der Waals surface area (Å²) >= 11 is 6.94. The van der Waals surface area contributed by atoms with Crippen LogP contribution in [0.15, 0.2) is 46.5 Å². The Kier molecular flexibility index (Phi) is 4.22. The number of hydrogen-bond acceptors (Lipinski definition) is 3. The summed E-state index contributed by atoms with van der Waals surface area (Å²) in [4.78, 5) is 4.55. The van der Waals surface area contributed by atoms with Gasteiger partial charge in [0.25, 0.3) is 0 Å². The maximum Gasteiger partial charge on any atom is 0.137 e. The first-order valence-electron chi connectivity index (χ1n) is 5.33. The molecule has 0 unspecified atom stereocenters. The Morgan fingerprint density at radius 2 is 2.11 bits per heavy atom. The SMILES string of the molecule is C[C@@H](O)c1ccc(Sc2ccc(Cl)cn2)c(F)c1. The monoisotopic (exact) mass is 283 g/mol. The molecule has 0 saturated carbocycles. The van der Waals surface area contributed by atoms with E-state index in [0.717, 1.165) is 0 Å². The Morgan fingerprint density at radius 3 is 2.67 bits per heavy atom. The number of aliphatic hydroxyl groups is 1. The van der Waals surface area contributed by atoms with E-state index in [9.17, 15) is 9.50 Å². The van der Waals surface area contributed by atoms with E-state index in [0.29, 0.717) is 20.5 Å². The highest BCUT2D eigenvalue weighted by Crippen LogP contribution is 2.30. The molecule has 0 aliphatic heterocycles. The molecule has 0 saturated heterocycles. The molecule has 0 aliphatic carbocycles. The molecular formula is C13H11ClFNOS. The van der Waals surface area contributed by atoms with Crippen LogP contribution < -0.4 is 0 Å². The van der Waals surface area contributed by atoms with E-state index in [4.69, 9.17) is 11.6 Å². The van der Waals surface area contributed by atoms with Crippen LogP contribution in [0.1, 0.15) is 18.6 Å². The summed E-state index contributed by atoms with van der Waals surface area (Å²) < 4.78 is 13.8. The summed E-state index contributed by atoms with van der Waals surface area (Å²) in [7, 11) is 0. The summed E-state index contributed by atoms with van der Waals surface area (Å²) in [5, 5.41) is 10.6. The molecule has 0 spiro atoms. The third-order valence-electron chi connectivity index (χ3n) is 2.35. The van der Waals surface area contributed by atoms with E-state index in [1.165, 1.54) is 24.0 Å². The molecule has 94 valence electrons. The van der Waals surface area contributed by atoms with E-state index < -0.39 is 6.10 Å². The number of aromatic nitrogens is 1. The van der Waals surface area contributed by atoms with Crippen LogP contribution in [-0.4, -0.2) is 10.1 Å². The Bertz CT molecular complexity index is 545. The second-order valence-electron chi connectivity index (χ2n) is 3.78. The maximum absolute atomic E-state index is 13.8. The van der Waals surface area contributed by atoms with Crippen molar-refractivity contribution in [1.82, 2.24) is 4.98 Å². The van der Waals surface area contributed by atoms with Gasteiger partial charge in [0.15, 0.2) is 0 Å². The Morgan fingerprint density at radius 1 is 1.33 bits per heavy atom. The molecule has 0 aliphatic rings. The van der Waals surface area contributed by atoms with Crippen LogP contribution in [0.25, 0.3) is 0 Å². The van der Waals surface area contributed by atoms with Gasteiger partial charge in [-0.25, -0.2) is 9.37 Å². The molecule has 1 heterocycles. The minimum absolute atomic E-state index is 0.366. The van der Waals surface area contributed by atoms with Gasteiger partial charge in [-0.2, -0.15) is 0 Å². The predicted molar refractivity (Wildman–Crippen MR) is 70.4 cm³/mol. The average Bonchev–Trinajstić information content (AvgIpc) is 2.34. The van der Waals surface area contributed by atoms with Crippen molar-refractivity contribution < 1.29 is 9.50 Å². The lowest BCUT2D eigenvalue weighted by Crippen LogP contribution is -1.93. The molecule has 1 atom stereocenters. The number of hydrogen-bond donors (Lipinski definition) is 1. The first-order valence-corrected chi connectivity index (χ1v) is 6.52. The van der Waals surface area contributed by atoms with Crippen molar-refractivity contribution in [2.45, 2.75) is 22.9 Å². The number of halogens is 2. The molecule has 0 amide bonds. The maximum atomic E-state index is 13.8. The zero-order valence-corrected chi connectivity index (χ0v) is 11.2. The van der Waals surface area contributed by atoms with Crippen LogP contribution in [0.4, 0.5) is 4.39 Å². The Hall–Kier alpha value is -1.10. The summed E-state index contributed by atoms with van der Waals surface area (Å²) in [6.07, 6.45) is 0.846. The molecule has 5 heteroatoms. The van der Waals surface area contributed by atoms with Crippen LogP contribution in [0, 0.1) is 5.82 Å². The van der Waals surface area contributed by atoms with E-state index in [2.05, 4.69) is 4.98 Å². The van der Waals surface area contributed by atoms with Gasteiger partial charge in [-0.05, 0) is 36.8 Å². The van der Waals surface area contributed by atoms with Crippen LogP contribution in [0.5, 0.6) is 0 Å². The van der Waals surface area contributed by atoms with Crippen LogP contribution in [-0.2, 0) is 0 Å². The fraction of sp³-hybridized carbons (Fsp3) is 0.154. The topological polar surface area (TPSA) is 33.1 Å². The number of nitrogens with zero attached hydrogens (tertiary/aromatic N) is 1. The van der Waals surface area contributed by atoms with Gasteiger partial charge in [-0.15, -0.1) is 0 Å². The number of aliphatic hydroxyl groups excluding tert-OH is 1. The van der Waals surface area contributed by atoms with Gasteiger partial charge in [-0.1, -0.05) is 29.4 Å². The number of pyridine rings is 1. The van der Waals surface area contributed by atoms with Crippen LogP contribution in [0.2, 0.25) is 5.02 Å². The molecule has 2 nitrogen and oxygen atoms in total. The smallest absolute Gasteiger partial charge is 0.137 e. The van der Waals surface area contributed by atoms with Crippen LogP contribution >= 0.6 is 23.4 Å². The lowest BCUT2D eigenvalue weighted by Gasteiger charge is -2.07. The highest BCUT2D eigenvalue weighted by atomic mass is 35.5. The molecular weight excluding hydrogens is 273 g/mol. The summed E-state index contributed by atoms with van der Waals surface area (Å²) in [6.45, 7) is 1.60. The lowest BCUT2D eigenvalue weighted by atomic mass is 10.1. The Labute approximate surface area is 114 Å². The molecule has 0 bridgehead atoms. The van der Waals surface area contributed by atoms with Gasteiger partial charge in [0, 0.05) is 11.1 Å². The Balaban J connectivity index is 2.22.